The van der Waals surface area contributed by atoms with Crippen LogP contribution in [0.25, 0.3) is 0 Å². The molecule has 0 aromatic carbocycles. The molecule has 0 N–H and O–H groups in total. The predicted molar refractivity (Wildman–Crippen MR) is 65.8 cm³/mol. The molecule has 0 aliphatic rings. The lowest BCUT2D eigenvalue weighted by atomic mass is 9.97. The Labute approximate surface area is 99.4 Å². The monoisotopic (exact) mass is 224 g/mol. The second-order valence-electron chi connectivity index (χ2n) is 4.07. The summed E-state index contributed by atoms with van der Waals surface area (Å²) >= 11 is 0. The smallest absolute Gasteiger partial charge is 0.225 e. The summed E-state index contributed by atoms with van der Waals surface area (Å²) in [5.74, 6) is 0.382. The highest BCUT2D eigenvalue weighted by Gasteiger charge is 2.20. The van der Waals surface area contributed by atoms with Gasteiger partial charge in [-0.1, -0.05) is 26.7 Å². The van der Waals surface area contributed by atoms with E-state index in [1.807, 2.05) is 11.8 Å². The van der Waals surface area contributed by atoms with Gasteiger partial charge in [-0.2, -0.15) is 5.26 Å². The van der Waals surface area contributed by atoms with Crippen LogP contribution >= 0.6 is 0 Å². The van der Waals surface area contributed by atoms with E-state index in [2.05, 4.69) is 19.9 Å². The molecule has 0 aliphatic heterocycles. The lowest BCUT2D eigenvalue weighted by molar-refractivity contribution is -0.135. The summed E-state index contributed by atoms with van der Waals surface area (Å²) in [6.45, 7) is 7.47. The standard InChI is InChI=1S/C13H24N2O/c1-4-7-9-12(5-2)13(16)15(6-3)11-8-10-14/h12H,4-9,11H2,1-3H3. The van der Waals surface area contributed by atoms with Gasteiger partial charge in [0.15, 0.2) is 0 Å². The van der Waals surface area contributed by atoms with Gasteiger partial charge in [0.2, 0.25) is 5.91 Å². The molecule has 0 aromatic rings. The highest BCUT2D eigenvalue weighted by Crippen LogP contribution is 2.16. The highest BCUT2D eigenvalue weighted by atomic mass is 16.2. The average Bonchev–Trinajstić information content (AvgIpc) is 2.31. The molecule has 0 spiro atoms. The summed E-state index contributed by atoms with van der Waals surface area (Å²) in [4.78, 5) is 13.9. The Bertz CT molecular complexity index is 233. The van der Waals surface area contributed by atoms with Crippen molar-refractivity contribution < 1.29 is 4.79 Å². The molecular weight excluding hydrogens is 200 g/mol. The summed E-state index contributed by atoms with van der Waals surface area (Å²) in [5.41, 5.74) is 0. The number of amides is 1. The Morgan fingerprint density at radius 3 is 2.50 bits per heavy atom. The highest BCUT2D eigenvalue weighted by molar-refractivity contribution is 5.78. The normalized spacial score (nSPS) is 11.9. The van der Waals surface area contributed by atoms with Crippen LogP contribution in [-0.2, 0) is 4.79 Å². The Kier molecular flexibility index (Phi) is 8.61. The van der Waals surface area contributed by atoms with Gasteiger partial charge >= 0.3 is 0 Å². The summed E-state index contributed by atoms with van der Waals surface area (Å²) in [6.07, 6.45) is 4.56. The number of nitriles is 1. The molecule has 0 bridgehead atoms. The fraction of sp³-hybridized carbons (Fsp3) is 0.846. The summed E-state index contributed by atoms with van der Waals surface area (Å²) in [6, 6.07) is 2.09. The van der Waals surface area contributed by atoms with Crippen LogP contribution in [0, 0.1) is 17.2 Å². The zero-order valence-electron chi connectivity index (χ0n) is 10.8. The van der Waals surface area contributed by atoms with Crippen molar-refractivity contribution in [1.29, 1.82) is 5.26 Å². The van der Waals surface area contributed by atoms with E-state index in [1.54, 1.807) is 0 Å². The van der Waals surface area contributed by atoms with Gasteiger partial charge in [0.05, 0.1) is 12.5 Å². The van der Waals surface area contributed by atoms with E-state index in [-0.39, 0.29) is 11.8 Å². The van der Waals surface area contributed by atoms with Crippen molar-refractivity contribution in [2.75, 3.05) is 13.1 Å². The fourth-order valence-electron chi connectivity index (χ4n) is 1.82. The van der Waals surface area contributed by atoms with E-state index in [9.17, 15) is 4.79 Å². The van der Waals surface area contributed by atoms with Crippen LogP contribution in [0.1, 0.15) is 52.9 Å². The van der Waals surface area contributed by atoms with Gasteiger partial charge in [-0.25, -0.2) is 0 Å². The van der Waals surface area contributed by atoms with Crippen LogP contribution < -0.4 is 0 Å². The van der Waals surface area contributed by atoms with Crippen LogP contribution in [-0.4, -0.2) is 23.9 Å². The molecule has 0 rings (SSSR count). The third-order valence-corrected chi connectivity index (χ3v) is 2.94. The minimum absolute atomic E-state index is 0.151. The van der Waals surface area contributed by atoms with Crippen LogP contribution in [0.3, 0.4) is 0 Å². The number of carbonyl (C=O) groups excluding carboxylic acids is 1. The molecule has 92 valence electrons. The first kappa shape index (κ1) is 15.0. The van der Waals surface area contributed by atoms with Crippen molar-refractivity contribution >= 4 is 5.91 Å². The zero-order valence-corrected chi connectivity index (χ0v) is 10.8. The van der Waals surface area contributed by atoms with Crippen molar-refractivity contribution in [2.24, 2.45) is 5.92 Å². The molecule has 3 heteroatoms. The summed E-state index contributed by atoms with van der Waals surface area (Å²) in [5, 5.41) is 8.54. The Balaban J connectivity index is 4.27. The van der Waals surface area contributed by atoms with E-state index < -0.39 is 0 Å². The third kappa shape index (κ3) is 5.16. The molecule has 16 heavy (non-hydrogen) atoms. The van der Waals surface area contributed by atoms with Gasteiger partial charge in [0.1, 0.15) is 0 Å². The van der Waals surface area contributed by atoms with Gasteiger partial charge in [0, 0.05) is 19.0 Å². The maximum absolute atomic E-state index is 12.1. The van der Waals surface area contributed by atoms with Gasteiger partial charge in [-0.05, 0) is 19.8 Å². The number of rotatable bonds is 8. The molecular formula is C13H24N2O. The van der Waals surface area contributed by atoms with E-state index in [1.165, 1.54) is 0 Å². The lowest BCUT2D eigenvalue weighted by Gasteiger charge is -2.24. The molecule has 0 aromatic heterocycles. The van der Waals surface area contributed by atoms with Crippen LogP contribution in [0.5, 0.6) is 0 Å². The molecule has 3 nitrogen and oxygen atoms in total. The molecule has 1 unspecified atom stereocenters. The molecule has 0 fully saturated rings. The van der Waals surface area contributed by atoms with E-state index in [0.29, 0.717) is 19.5 Å². The van der Waals surface area contributed by atoms with Crippen molar-refractivity contribution in [3.8, 4) is 6.07 Å². The number of hydrogen-bond donors (Lipinski definition) is 0. The second-order valence-corrected chi connectivity index (χ2v) is 4.07. The van der Waals surface area contributed by atoms with Gasteiger partial charge < -0.3 is 4.90 Å². The van der Waals surface area contributed by atoms with E-state index >= 15 is 0 Å². The SMILES string of the molecule is CCCCC(CC)C(=O)N(CC)CCC#N. The van der Waals surface area contributed by atoms with Crippen LogP contribution in [0.4, 0.5) is 0 Å². The van der Waals surface area contributed by atoms with Gasteiger partial charge in [-0.3, -0.25) is 4.79 Å². The molecule has 0 radical (unpaired) electrons. The van der Waals surface area contributed by atoms with Crippen molar-refractivity contribution in [2.45, 2.75) is 52.9 Å². The maximum Gasteiger partial charge on any atom is 0.225 e. The summed E-state index contributed by atoms with van der Waals surface area (Å²) < 4.78 is 0. The second kappa shape index (κ2) is 9.21. The molecule has 1 atom stereocenters. The minimum atomic E-state index is 0.151. The maximum atomic E-state index is 12.1. The molecule has 0 saturated heterocycles. The van der Waals surface area contributed by atoms with Crippen molar-refractivity contribution in [3.05, 3.63) is 0 Å². The van der Waals surface area contributed by atoms with Gasteiger partial charge in [0.25, 0.3) is 0 Å². The third-order valence-electron chi connectivity index (χ3n) is 2.94. The molecule has 0 saturated carbocycles. The predicted octanol–water partition coefficient (Wildman–Crippen LogP) is 2.96. The van der Waals surface area contributed by atoms with Crippen LogP contribution in [0.2, 0.25) is 0 Å². The van der Waals surface area contributed by atoms with Crippen LogP contribution in [0.15, 0.2) is 0 Å². The first-order chi connectivity index (χ1) is 7.71. The minimum Gasteiger partial charge on any atom is -0.342 e. The van der Waals surface area contributed by atoms with E-state index in [4.69, 9.17) is 5.26 Å². The number of hydrogen-bond acceptors (Lipinski definition) is 2. The van der Waals surface area contributed by atoms with Crippen molar-refractivity contribution in [3.63, 3.8) is 0 Å². The number of nitrogens with zero attached hydrogens (tertiary/aromatic N) is 2. The topological polar surface area (TPSA) is 44.1 Å². The average molecular weight is 224 g/mol. The molecule has 0 heterocycles. The summed E-state index contributed by atoms with van der Waals surface area (Å²) in [7, 11) is 0. The van der Waals surface area contributed by atoms with Gasteiger partial charge in [-0.15, -0.1) is 0 Å². The molecule has 1 amide bonds. The number of unbranched alkanes of at least 4 members (excludes halogenated alkanes) is 1. The number of carbonyl (C=O) groups is 1. The van der Waals surface area contributed by atoms with E-state index in [0.717, 1.165) is 25.7 Å². The zero-order chi connectivity index (χ0) is 12.4. The van der Waals surface area contributed by atoms with Crippen molar-refractivity contribution in [1.82, 2.24) is 4.90 Å². The largest absolute Gasteiger partial charge is 0.342 e. The quantitative estimate of drug-likeness (QED) is 0.636. The fourth-order valence-corrected chi connectivity index (χ4v) is 1.82. The molecule has 0 aliphatic carbocycles. The first-order valence-corrected chi connectivity index (χ1v) is 6.36. The Morgan fingerprint density at radius 1 is 1.38 bits per heavy atom. The first-order valence-electron chi connectivity index (χ1n) is 6.36. The Hall–Kier alpha value is -1.04. The lowest BCUT2D eigenvalue weighted by Crippen LogP contribution is -2.36. The Morgan fingerprint density at radius 2 is 2.06 bits per heavy atom.